The number of nitrogens with zero attached hydrogens (tertiary/aromatic N) is 2. The van der Waals surface area contributed by atoms with Crippen LogP contribution in [0.2, 0.25) is 0 Å². The molecule has 0 amide bonds. The van der Waals surface area contributed by atoms with Crippen LogP contribution in [0.5, 0.6) is 0 Å². The van der Waals surface area contributed by atoms with Gasteiger partial charge in [0.25, 0.3) is 0 Å². The zero-order valence-corrected chi connectivity index (χ0v) is 9.98. The molecule has 4 heteroatoms. The van der Waals surface area contributed by atoms with Crippen LogP contribution in [0.1, 0.15) is 12.8 Å². The first-order valence-electron chi connectivity index (χ1n) is 5.03. The van der Waals surface area contributed by atoms with E-state index in [9.17, 15) is 0 Å². The number of thioether (sulfide) groups is 1. The fourth-order valence-corrected chi connectivity index (χ4v) is 2.95. The van der Waals surface area contributed by atoms with Gasteiger partial charge in [0.05, 0.1) is 11.0 Å². The Hall–Kier alpha value is -0.670. The van der Waals surface area contributed by atoms with Crippen LogP contribution in [0, 0.1) is 0 Å². The molecule has 1 aliphatic rings. The van der Waals surface area contributed by atoms with Gasteiger partial charge in [-0.3, -0.25) is 0 Å². The Labute approximate surface area is 99.5 Å². The third-order valence-electron chi connectivity index (χ3n) is 2.63. The highest BCUT2D eigenvalue weighted by Gasteiger charge is 2.12. The van der Waals surface area contributed by atoms with Gasteiger partial charge in [-0.25, -0.2) is 4.98 Å². The molecule has 2 nitrogen and oxygen atoms in total. The average molecular weight is 241 g/mol. The Balaban J connectivity index is 0.000000853. The monoisotopic (exact) mass is 240 g/mol. The van der Waals surface area contributed by atoms with Crippen molar-refractivity contribution in [2.24, 2.45) is 0 Å². The molecule has 80 valence electrons. The summed E-state index contributed by atoms with van der Waals surface area (Å²) in [6.07, 6.45) is 2.59. The summed E-state index contributed by atoms with van der Waals surface area (Å²) in [5.41, 5.74) is 2.42. The van der Waals surface area contributed by atoms with Crippen molar-refractivity contribution in [1.82, 2.24) is 9.55 Å². The molecule has 0 saturated heterocycles. The highest BCUT2D eigenvalue weighted by molar-refractivity contribution is 7.99. The van der Waals surface area contributed by atoms with Gasteiger partial charge in [-0.1, -0.05) is 23.9 Å². The van der Waals surface area contributed by atoms with E-state index in [1.165, 1.54) is 29.3 Å². The van der Waals surface area contributed by atoms with Crippen LogP contribution in [0.3, 0.4) is 0 Å². The standard InChI is InChI=1S/C11H12N2S.ClH/c1-2-6-10-9(5-1)12-11-13(10)7-3-4-8-14-11;/h1-2,5-6H,3-4,7-8H2;1H. The molecule has 0 saturated carbocycles. The molecule has 1 aliphatic heterocycles. The minimum Gasteiger partial charge on any atom is -0.319 e. The van der Waals surface area contributed by atoms with Gasteiger partial charge >= 0.3 is 0 Å². The van der Waals surface area contributed by atoms with Gasteiger partial charge in [0.2, 0.25) is 0 Å². The number of hydrogen-bond donors (Lipinski definition) is 0. The Morgan fingerprint density at radius 2 is 2.07 bits per heavy atom. The number of benzene rings is 1. The van der Waals surface area contributed by atoms with Crippen molar-refractivity contribution in [3.8, 4) is 0 Å². The first kappa shape index (κ1) is 10.8. The quantitative estimate of drug-likeness (QED) is 0.703. The van der Waals surface area contributed by atoms with E-state index >= 15 is 0 Å². The maximum Gasteiger partial charge on any atom is 0.169 e. The molecule has 0 unspecified atom stereocenters. The summed E-state index contributed by atoms with van der Waals surface area (Å²) < 4.78 is 2.35. The van der Waals surface area contributed by atoms with Crippen molar-refractivity contribution in [3.63, 3.8) is 0 Å². The number of rotatable bonds is 0. The molecule has 1 aromatic heterocycles. The molecule has 0 fully saturated rings. The zero-order valence-electron chi connectivity index (χ0n) is 8.35. The molecular weight excluding hydrogens is 228 g/mol. The average Bonchev–Trinajstić information content (AvgIpc) is 2.42. The molecule has 2 heterocycles. The van der Waals surface area contributed by atoms with Crippen LogP contribution in [-0.4, -0.2) is 15.3 Å². The number of aryl methyl sites for hydroxylation is 1. The Morgan fingerprint density at radius 1 is 1.20 bits per heavy atom. The Kier molecular flexibility index (Phi) is 3.22. The fraction of sp³-hybridized carbons (Fsp3) is 0.364. The van der Waals surface area contributed by atoms with Crippen molar-refractivity contribution in [3.05, 3.63) is 24.3 Å². The summed E-state index contributed by atoms with van der Waals surface area (Å²) in [5.74, 6) is 1.21. The maximum atomic E-state index is 4.64. The van der Waals surface area contributed by atoms with Crippen LogP contribution < -0.4 is 0 Å². The highest BCUT2D eigenvalue weighted by Crippen LogP contribution is 2.27. The van der Waals surface area contributed by atoms with Crippen molar-refractivity contribution in [1.29, 1.82) is 0 Å². The Morgan fingerprint density at radius 3 is 3.00 bits per heavy atom. The topological polar surface area (TPSA) is 17.8 Å². The zero-order chi connectivity index (χ0) is 9.38. The first-order chi connectivity index (χ1) is 6.95. The second-order valence-electron chi connectivity index (χ2n) is 3.59. The second-order valence-corrected chi connectivity index (χ2v) is 4.65. The number of para-hydroxylation sites is 2. The molecule has 0 bridgehead atoms. The van der Waals surface area contributed by atoms with E-state index < -0.39 is 0 Å². The van der Waals surface area contributed by atoms with E-state index in [4.69, 9.17) is 0 Å². The van der Waals surface area contributed by atoms with Crippen molar-refractivity contribution in [2.45, 2.75) is 24.5 Å². The van der Waals surface area contributed by atoms with Crippen LogP contribution in [0.15, 0.2) is 29.4 Å². The lowest BCUT2D eigenvalue weighted by Crippen LogP contribution is -1.96. The molecule has 1 aromatic carbocycles. The van der Waals surface area contributed by atoms with Gasteiger partial charge in [-0.05, 0) is 25.0 Å². The number of halogens is 1. The predicted molar refractivity (Wildman–Crippen MR) is 66.9 cm³/mol. The summed E-state index contributed by atoms with van der Waals surface area (Å²) in [6.45, 7) is 1.13. The SMILES string of the molecule is Cl.c1ccc2c(c1)nc1n2CCCCS1. The second kappa shape index (κ2) is 4.45. The minimum atomic E-state index is 0. The summed E-state index contributed by atoms with van der Waals surface area (Å²) in [7, 11) is 0. The van der Waals surface area contributed by atoms with Gasteiger partial charge in [0, 0.05) is 12.3 Å². The minimum absolute atomic E-state index is 0. The maximum absolute atomic E-state index is 4.64. The normalized spacial score (nSPS) is 15.5. The van der Waals surface area contributed by atoms with Crippen molar-refractivity contribution in [2.75, 3.05) is 5.75 Å². The van der Waals surface area contributed by atoms with Crippen LogP contribution in [0.4, 0.5) is 0 Å². The number of hydrogen-bond acceptors (Lipinski definition) is 2. The number of fused-ring (bicyclic) bond motifs is 3. The summed E-state index contributed by atoms with van der Waals surface area (Å²) in [4.78, 5) is 4.64. The number of aromatic nitrogens is 2. The molecule has 0 spiro atoms. The van der Waals surface area contributed by atoms with Gasteiger partial charge in [0.1, 0.15) is 0 Å². The summed E-state index contributed by atoms with van der Waals surface area (Å²) in [6, 6.07) is 8.40. The molecule has 0 radical (unpaired) electrons. The fourth-order valence-electron chi connectivity index (χ4n) is 1.92. The van der Waals surface area contributed by atoms with E-state index in [1.54, 1.807) is 0 Å². The molecule has 2 aromatic rings. The van der Waals surface area contributed by atoms with E-state index in [0.717, 1.165) is 12.1 Å². The van der Waals surface area contributed by atoms with Crippen LogP contribution >= 0.6 is 24.2 Å². The molecule has 0 N–H and O–H groups in total. The molecule has 0 aliphatic carbocycles. The van der Waals surface area contributed by atoms with E-state index in [-0.39, 0.29) is 12.4 Å². The first-order valence-corrected chi connectivity index (χ1v) is 6.02. The van der Waals surface area contributed by atoms with Crippen molar-refractivity contribution < 1.29 is 0 Å². The van der Waals surface area contributed by atoms with Gasteiger partial charge < -0.3 is 4.57 Å². The highest BCUT2D eigenvalue weighted by atomic mass is 35.5. The summed E-state index contributed by atoms with van der Waals surface area (Å²) in [5, 5.41) is 1.20. The third-order valence-corrected chi connectivity index (χ3v) is 3.69. The molecular formula is C11H13ClN2S. The van der Waals surface area contributed by atoms with E-state index in [1.807, 2.05) is 11.8 Å². The smallest absolute Gasteiger partial charge is 0.169 e. The van der Waals surface area contributed by atoms with Crippen LogP contribution in [-0.2, 0) is 6.54 Å². The Bertz CT molecular complexity index is 467. The van der Waals surface area contributed by atoms with Crippen LogP contribution in [0.25, 0.3) is 11.0 Å². The molecule has 15 heavy (non-hydrogen) atoms. The number of imidazole rings is 1. The summed E-state index contributed by atoms with van der Waals surface area (Å²) >= 11 is 1.89. The predicted octanol–water partition coefficient (Wildman–Crippen LogP) is 3.34. The molecule has 3 rings (SSSR count). The largest absolute Gasteiger partial charge is 0.319 e. The van der Waals surface area contributed by atoms with Gasteiger partial charge in [0.15, 0.2) is 5.16 Å². The van der Waals surface area contributed by atoms with E-state index in [2.05, 4.69) is 33.8 Å². The van der Waals surface area contributed by atoms with Gasteiger partial charge in [-0.15, -0.1) is 12.4 Å². The van der Waals surface area contributed by atoms with Crippen molar-refractivity contribution >= 4 is 35.2 Å². The lowest BCUT2D eigenvalue weighted by molar-refractivity contribution is 0.618. The third kappa shape index (κ3) is 1.86. The lowest BCUT2D eigenvalue weighted by atomic mass is 10.3. The van der Waals surface area contributed by atoms with Gasteiger partial charge in [-0.2, -0.15) is 0 Å². The van der Waals surface area contributed by atoms with E-state index in [0.29, 0.717) is 0 Å². The lowest BCUT2D eigenvalue weighted by Gasteiger charge is -2.02. The molecule has 0 atom stereocenters.